The first-order valence-corrected chi connectivity index (χ1v) is 12.4. The fraction of sp³-hybridized carbons (Fsp3) is 0.391. The summed E-state index contributed by atoms with van der Waals surface area (Å²) >= 11 is 0. The third-order valence-electron chi connectivity index (χ3n) is 5.21. The Hall–Kier alpha value is -3.01. The number of aryl methyl sites for hydroxylation is 1. The van der Waals surface area contributed by atoms with E-state index in [9.17, 15) is 26.8 Å². The lowest BCUT2D eigenvalue weighted by Gasteiger charge is -2.33. The first-order valence-electron chi connectivity index (χ1n) is 10.5. The zero-order valence-corrected chi connectivity index (χ0v) is 20.0. The number of benzene rings is 2. The van der Waals surface area contributed by atoms with E-state index in [1.807, 2.05) is 31.2 Å². The molecular formula is C23H29F2N3O4S. The molecule has 0 fully saturated rings. The molecule has 33 heavy (non-hydrogen) atoms. The van der Waals surface area contributed by atoms with Crippen LogP contribution in [0.1, 0.15) is 31.4 Å². The first kappa shape index (κ1) is 26.2. The van der Waals surface area contributed by atoms with E-state index in [0.29, 0.717) is 17.3 Å². The summed E-state index contributed by atoms with van der Waals surface area (Å²) < 4.78 is 52.7. The second kappa shape index (κ2) is 11.2. The van der Waals surface area contributed by atoms with E-state index >= 15 is 0 Å². The summed E-state index contributed by atoms with van der Waals surface area (Å²) in [6.07, 6.45) is 1.17. The highest BCUT2D eigenvalue weighted by Crippen LogP contribution is 2.22. The van der Waals surface area contributed by atoms with Crippen molar-refractivity contribution < 1.29 is 26.8 Å². The Balaban J connectivity index is 2.47. The van der Waals surface area contributed by atoms with Crippen LogP contribution in [0, 0.1) is 18.6 Å². The van der Waals surface area contributed by atoms with Gasteiger partial charge in [0.25, 0.3) is 0 Å². The van der Waals surface area contributed by atoms with Crippen molar-refractivity contribution in [3.05, 3.63) is 65.2 Å². The molecule has 0 bridgehead atoms. The van der Waals surface area contributed by atoms with E-state index in [4.69, 9.17) is 0 Å². The van der Waals surface area contributed by atoms with Crippen LogP contribution in [0.25, 0.3) is 0 Å². The smallest absolute Gasteiger partial charge is 0.244 e. The van der Waals surface area contributed by atoms with Gasteiger partial charge >= 0.3 is 0 Å². The minimum atomic E-state index is -4.02. The van der Waals surface area contributed by atoms with Crippen molar-refractivity contribution in [3.8, 4) is 0 Å². The molecule has 0 aromatic heterocycles. The summed E-state index contributed by atoms with van der Waals surface area (Å²) in [4.78, 5) is 27.4. The molecule has 2 aromatic rings. The Morgan fingerprint density at radius 1 is 1.06 bits per heavy atom. The van der Waals surface area contributed by atoms with Gasteiger partial charge < -0.3 is 10.2 Å². The van der Waals surface area contributed by atoms with Crippen LogP contribution in [0.2, 0.25) is 0 Å². The van der Waals surface area contributed by atoms with E-state index in [-0.39, 0.29) is 18.1 Å². The van der Waals surface area contributed by atoms with Crippen LogP contribution in [0.4, 0.5) is 14.5 Å². The van der Waals surface area contributed by atoms with E-state index in [1.165, 1.54) is 4.90 Å². The molecular weight excluding hydrogens is 452 g/mol. The maximum absolute atomic E-state index is 13.8. The fourth-order valence-corrected chi connectivity index (χ4v) is 4.28. The van der Waals surface area contributed by atoms with Gasteiger partial charge in [-0.3, -0.25) is 13.9 Å². The molecule has 2 amide bonds. The maximum atomic E-state index is 13.8. The number of carbonyl (C=O) groups is 2. The van der Waals surface area contributed by atoms with Gasteiger partial charge in [-0.1, -0.05) is 31.2 Å². The van der Waals surface area contributed by atoms with Crippen molar-refractivity contribution in [2.75, 3.05) is 23.7 Å². The Morgan fingerprint density at radius 3 is 2.27 bits per heavy atom. The van der Waals surface area contributed by atoms with Crippen LogP contribution in [-0.4, -0.2) is 50.5 Å². The van der Waals surface area contributed by atoms with Gasteiger partial charge in [-0.2, -0.15) is 0 Å². The zero-order chi connectivity index (χ0) is 24.8. The van der Waals surface area contributed by atoms with Gasteiger partial charge in [-0.25, -0.2) is 17.2 Å². The van der Waals surface area contributed by atoms with E-state index in [2.05, 4.69) is 5.32 Å². The minimum Gasteiger partial charge on any atom is -0.355 e. The molecule has 0 aliphatic heterocycles. The van der Waals surface area contributed by atoms with Crippen molar-refractivity contribution in [1.29, 1.82) is 0 Å². The van der Waals surface area contributed by atoms with Crippen LogP contribution < -0.4 is 9.62 Å². The lowest BCUT2D eigenvalue weighted by Crippen LogP contribution is -2.52. The van der Waals surface area contributed by atoms with Crippen LogP contribution in [-0.2, 0) is 26.2 Å². The average molecular weight is 482 g/mol. The maximum Gasteiger partial charge on any atom is 0.244 e. The summed E-state index contributed by atoms with van der Waals surface area (Å²) in [7, 11) is -4.02. The normalized spacial score (nSPS) is 12.2. The molecule has 1 N–H and O–H groups in total. The monoisotopic (exact) mass is 481 g/mol. The summed E-state index contributed by atoms with van der Waals surface area (Å²) in [5.74, 6) is -3.38. The third kappa shape index (κ3) is 6.74. The standard InChI is InChI=1S/C23H29F2N3O4S/c1-5-21(23(30)26-6-2)27(14-17-10-8-7-9-16(17)3)22(29)15-28(33(4,31)32)18-11-12-19(24)20(25)13-18/h7-13,21H,5-6,14-15H2,1-4H3,(H,26,30)/t21-/m0/s1. The van der Waals surface area contributed by atoms with Crippen LogP contribution in [0.3, 0.4) is 0 Å². The molecule has 0 unspecified atom stereocenters. The quantitative estimate of drug-likeness (QED) is 0.565. The highest BCUT2D eigenvalue weighted by atomic mass is 32.2. The number of nitrogens with zero attached hydrogens (tertiary/aromatic N) is 2. The number of sulfonamides is 1. The van der Waals surface area contributed by atoms with Gasteiger partial charge in [0.2, 0.25) is 21.8 Å². The van der Waals surface area contributed by atoms with Crippen molar-refractivity contribution in [1.82, 2.24) is 10.2 Å². The van der Waals surface area contributed by atoms with Crippen LogP contribution in [0.5, 0.6) is 0 Å². The van der Waals surface area contributed by atoms with Crippen molar-refractivity contribution in [2.45, 2.75) is 39.8 Å². The summed E-state index contributed by atoms with van der Waals surface area (Å²) in [5.41, 5.74) is 1.51. The molecule has 10 heteroatoms. The molecule has 0 radical (unpaired) electrons. The summed E-state index contributed by atoms with van der Waals surface area (Å²) in [5, 5.41) is 2.71. The number of anilines is 1. The number of nitrogens with one attached hydrogen (secondary N) is 1. The first-order chi connectivity index (χ1) is 15.5. The molecule has 0 saturated heterocycles. The lowest BCUT2D eigenvalue weighted by molar-refractivity contribution is -0.140. The molecule has 180 valence electrons. The number of hydrogen-bond donors (Lipinski definition) is 1. The van der Waals surface area contributed by atoms with E-state index in [0.717, 1.165) is 35.6 Å². The summed E-state index contributed by atoms with van der Waals surface area (Å²) in [6, 6.07) is 9.10. The summed E-state index contributed by atoms with van der Waals surface area (Å²) in [6.45, 7) is 5.15. The molecule has 1 atom stereocenters. The van der Waals surface area contributed by atoms with Crippen molar-refractivity contribution in [2.24, 2.45) is 0 Å². The van der Waals surface area contributed by atoms with E-state index < -0.39 is 40.2 Å². The predicted octanol–water partition coefficient (Wildman–Crippen LogP) is 2.98. The van der Waals surface area contributed by atoms with Gasteiger partial charge in [0, 0.05) is 19.2 Å². The van der Waals surface area contributed by atoms with E-state index in [1.54, 1.807) is 13.8 Å². The highest BCUT2D eigenvalue weighted by molar-refractivity contribution is 7.92. The van der Waals surface area contributed by atoms with Crippen molar-refractivity contribution in [3.63, 3.8) is 0 Å². The molecule has 0 spiro atoms. The number of likely N-dealkylation sites (N-methyl/N-ethyl adjacent to an activating group) is 1. The lowest BCUT2D eigenvalue weighted by atomic mass is 10.1. The minimum absolute atomic E-state index is 0.0799. The predicted molar refractivity (Wildman–Crippen MR) is 123 cm³/mol. The molecule has 0 aliphatic carbocycles. The van der Waals surface area contributed by atoms with Gasteiger partial charge in [0.1, 0.15) is 12.6 Å². The van der Waals surface area contributed by atoms with Gasteiger partial charge in [-0.15, -0.1) is 0 Å². The second-order valence-electron chi connectivity index (χ2n) is 7.63. The van der Waals surface area contributed by atoms with Gasteiger partial charge in [-0.05, 0) is 43.5 Å². The Morgan fingerprint density at radius 2 is 1.73 bits per heavy atom. The largest absolute Gasteiger partial charge is 0.355 e. The highest BCUT2D eigenvalue weighted by Gasteiger charge is 2.32. The second-order valence-corrected chi connectivity index (χ2v) is 9.54. The van der Waals surface area contributed by atoms with Crippen LogP contribution >= 0.6 is 0 Å². The molecule has 2 aromatic carbocycles. The van der Waals surface area contributed by atoms with Gasteiger partial charge in [0.15, 0.2) is 11.6 Å². The number of amides is 2. The fourth-order valence-electron chi connectivity index (χ4n) is 3.44. The average Bonchev–Trinajstić information content (AvgIpc) is 2.74. The molecule has 2 rings (SSSR count). The van der Waals surface area contributed by atoms with Crippen molar-refractivity contribution >= 4 is 27.5 Å². The number of hydrogen-bond acceptors (Lipinski definition) is 4. The van der Waals surface area contributed by atoms with Gasteiger partial charge in [0.05, 0.1) is 11.9 Å². The molecule has 7 nitrogen and oxygen atoms in total. The number of rotatable bonds is 10. The molecule has 0 heterocycles. The topological polar surface area (TPSA) is 86.8 Å². The third-order valence-corrected chi connectivity index (χ3v) is 6.35. The zero-order valence-electron chi connectivity index (χ0n) is 19.1. The Labute approximate surface area is 193 Å². The molecule has 0 aliphatic rings. The number of carbonyl (C=O) groups excluding carboxylic acids is 2. The number of halogens is 2. The Bertz CT molecular complexity index is 1110. The van der Waals surface area contributed by atoms with Crippen LogP contribution in [0.15, 0.2) is 42.5 Å². The Kier molecular flexibility index (Phi) is 8.92. The molecule has 0 saturated carbocycles. The SMILES string of the molecule is CCNC(=O)[C@H](CC)N(Cc1ccccc1C)C(=O)CN(c1ccc(F)c(F)c1)S(C)(=O)=O.